The molecule has 2 aromatic rings. The fraction of sp³-hybridized carbons (Fsp3) is 0.0769. The number of halogens is 2. The Labute approximate surface area is 113 Å². The summed E-state index contributed by atoms with van der Waals surface area (Å²) < 4.78 is 18.3. The van der Waals surface area contributed by atoms with Gasteiger partial charge in [-0.2, -0.15) is 0 Å². The van der Waals surface area contributed by atoms with Gasteiger partial charge in [0.05, 0.1) is 17.5 Å². The van der Waals surface area contributed by atoms with Crippen LogP contribution in [0.5, 0.6) is 5.75 Å². The smallest absolute Gasteiger partial charge is 0.337 e. The summed E-state index contributed by atoms with van der Waals surface area (Å²) in [6.07, 6.45) is 0.951. The summed E-state index contributed by atoms with van der Waals surface area (Å²) in [4.78, 5) is 14.7. The molecule has 0 radical (unpaired) electrons. The zero-order chi connectivity index (χ0) is 13.8. The van der Waals surface area contributed by atoms with Crippen LogP contribution in [0.2, 0.25) is 5.02 Å². The lowest BCUT2D eigenvalue weighted by molar-refractivity contribution is 0.0692. The Kier molecular flexibility index (Phi) is 3.97. The van der Waals surface area contributed by atoms with Crippen LogP contribution in [0.1, 0.15) is 16.1 Å². The van der Waals surface area contributed by atoms with Crippen molar-refractivity contribution in [1.82, 2.24) is 4.98 Å². The van der Waals surface area contributed by atoms with Gasteiger partial charge in [0, 0.05) is 5.02 Å². The largest absolute Gasteiger partial charge is 0.487 e. The van der Waals surface area contributed by atoms with E-state index in [9.17, 15) is 9.18 Å². The molecular formula is C13H9ClFNO3. The Bertz CT molecular complexity index is 601. The second-order valence-corrected chi connectivity index (χ2v) is 4.13. The zero-order valence-electron chi connectivity index (χ0n) is 9.64. The number of carbonyl (C=O) groups is 1. The monoisotopic (exact) mass is 281 g/mol. The van der Waals surface area contributed by atoms with Gasteiger partial charge in [-0.1, -0.05) is 11.6 Å². The molecule has 0 bridgehead atoms. The number of nitrogens with zero attached hydrogens (tertiary/aromatic N) is 1. The highest BCUT2D eigenvalue weighted by atomic mass is 35.5. The molecule has 98 valence electrons. The van der Waals surface area contributed by atoms with E-state index in [1.807, 2.05) is 0 Å². The molecule has 0 aliphatic heterocycles. The maximum atomic E-state index is 12.9. The van der Waals surface area contributed by atoms with Crippen molar-refractivity contribution in [2.75, 3.05) is 0 Å². The molecular weight excluding hydrogens is 273 g/mol. The Morgan fingerprint density at radius 3 is 2.68 bits per heavy atom. The number of hydrogen-bond donors (Lipinski definition) is 1. The lowest BCUT2D eigenvalue weighted by atomic mass is 10.2. The molecule has 0 saturated carbocycles. The third kappa shape index (κ3) is 3.42. The summed E-state index contributed by atoms with van der Waals surface area (Å²) in [5.74, 6) is -1.43. The van der Waals surface area contributed by atoms with Crippen molar-refractivity contribution >= 4 is 17.6 Å². The van der Waals surface area contributed by atoms with E-state index in [0.717, 1.165) is 12.3 Å². The quantitative estimate of drug-likeness (QED) is 0.935. The molecule has 1 aromatic heterocycles. The number of benzene rings is 1. The van der Waals surface area contributed by atoms with Crippen LogP contribution in [-0.4, -0.2) is 16.1 Å². The summed E-state index contributed by atoms with van der Waals surface area (Å²) >= 11 is 5.73. The van der Waals surface area contributed by atoms with Gasteiger partial charge in [-0.3, -0.25) is 4.98 Å². The molecule has 1 aromatic carbocycles. The lowest BCUT2D eigenvalue weighted by Gasteiger charge is -2.08. The predicted octanol–water partition coefficient (Wildman–Crippen LogP) is 3.15. The van der Waals surface area contributed by atoms with Crippen molar-refractivity contribution in [3.05, 3.63) is 58.6 Å². The van der Waals surface area contributed by atoms with Crippen LogP contribution in [0, 0.1) is 5.82 Å². The summed E-state index contributed by atoms with van der Waals surface area (Å²) in [5.41, 5.74) is -0.0576. The highest BCUT2D eigenvalue weighted by molar-refractivity contribution is 6.30. The molecule has 0 unspecified atom stereocenters. The molecule has 19 heavy (non-hydrogen) atoms. The standard InChI is InChI=1S/C13H9ClFNO3/c14-8-1-3-10(4-2-8)19-7-12-11(13(17)18)5-9(15)6-16-12/h1-6H,7H2,(H,17,18). The number of aromatic nitrogens is 1. The van der Waals surface area contributed by atoms with Gasteiger partial charge in [0.25, 0.3) is 0 Å². The first-order chi connectivity index (χ1) is 9.06. The van der Waals surface area contributed by atoms with Crippen LogP contribution in [0.4, 0.5) is 4.39 Å². The zero-order valence-corrected chi connectivity index (χ0v) is 10.4. The first-order valence-electron chi connectivity index (χ1n) is 5.32. The van der Waals surface area contributed by atoms with Crippen molar-refractivity contribution in [2.45, 2.75) is 6.61 Å². The second kappa shape index (κ2) is 5.67. The maximum absolute atomic E-state index is 12.9. The SMILES string of the molecule is O=C(O)c1cc(F)cnc1COc1ccc(Cl)cc1. The van der Waals surface area contributed by atoms with Crippen molar-refractivity contribution < 1.29 is 19.0 Å². The van der Waals surface area contributed by atoms with E-state index in [1.165, 1.54) is 0 Å². The van der Waals surface area contributed by atoms with E-state index in [0.29, 0.717) is 10.8 Å². The van der Waals surface area contributed by atoms with Crippen molar-refractivity contribution in [2.24, 2.45) is 0 Å². The number of aromatic carboxylic acids is 1. The van der Waals surface area contributed by atoms with Crippen molar-refractivity contribution in [3.63, 3.8) is 0 Å². The first kappa shape index (κ1) is 13.3. The summed E-state index contributed by atoms with van der Waals surface area (Å²) in [7, 11) is 0. The van der Waals surface area contributed by atoms with Crippen LogP contribution in [0.15, 0.2) is 36.5 Å². The highest BCUT2D eigenvalue weighted by Gasteiger charge is 2.13. The molecule has 2 rings (SSSR count). The first-order valence-corrected chi connectivity index (χ1v) is 5.70. The molecule has 0 saturated heterocycles. The molecule has 0 atom stereocenters. The maximum Gasteiger partial charge on any atom is 0.337 e. The summed E-state index contributed by atoms with van der Waals surface area (Å²) in [5, 5.41) is 9.51. The van der Waals surface area contributed by atoms with E-state index in [2.05, 4.69) is 4.98 Å². The predicted molar refractivity (Wildman–Crippen MR) is 66.9 cm³/mol. The minimum Gasteiger partial charge on any atom is -0.487 e. The van der Waals surface area contributed by atoms with E-state index < -0.39 is 11.8 Å². The van der Waals surface area contributed by atoms with Crippen molar-refractivity contribution in [1.29, 1.82) is 0 Å². The Balaban J connectivity index is 2.15. The molecule has 1 N–H and O–H groups in total. The molecule has 0 aliphatic rings. The van der Waals surface area contributed by atoms with Gasteiger partial charge in [-0.25, -0.2) is 9.18 Å². The van der Waals surface area contributed by atoms with Crippen LogP contribution in [0.3, 0.4) is 0 Å². The summed E-state index contributed by atoms with van der Waals surface area (Å²) in [6.45, 7) is -0.0659. The van der Waals surface area contributed by atoms with Gasteiger partial charge < -0.3 is 9.84 Å². The lowest BCUT2D eigenvalue weighted by Crippen LogP contribution is -2.08. The topological polar surface area (TPSA) is 59.4 Å². The van der Waals surface area contributed by atoms with Gasteiger partial charge in [0.1, 0.15) is 18.2 Å². The minimum atomic E-state index is -1.25. The van der Waals surface area contributed by atoms with Gasteiger partial charge in [0.15, 0.2) is 0 Å². The summed E-state index contributed by atoms with van der Waals surface area (Å²) in [6, 6.07) is 7.49. The molecule has 0 fully saturated rings. The van der Waals surface area contributed by atoms with Gasteiger partial charge in [-0.05, 0) is 30.3 Å². The van der Waals surface area contributed by atoms with E-state index in [4.69, 9.17) is 21.4 Å². The Morgan fingerprint density at radius 1 is 1.37 bits per heavy atom. The van der Waals surface area contributed by atoms with Crippen molar-refractivity contribution in [3.8, 4) is 5.75 Å². The molecule has 0 amide bonds. The number of rotatable bonds is 4. The van der Waals surface area contributed by atoms with Gasteiger partial charge in [-0.15, -0.1) is 0 Å². The van der Waals surface area contributed by atoms with Crippen LogP contribution in [-0.2, 0) is 6.61 Å². The van der Waals surface area contributed by atoms with E-state index >= 15 is 0 Å². The molecule has 0 spiro atoms. The third-order valence-corrected chi connectivity index (χ3v) is 2.61. The van der Waals surface area contributed by atoms with E-state index in [-0.39, 0.29) is 17.9 Å². The molecule has 4 nitrogen and oxygen atoms in total. The number of carboxylic acids is 1. The average molecular weight is 282 g/mol. The van der Waals surface area contributed by atoms with Crippen LogP contribution >= 0.6 is 11.6 Å². The Hall–Kier alpha value is -2.14. The minimum absolute atomic E-state index is 0.0659. The van der Waals surface area contributed by atoms with Crippen LogP contribution < -0.4 is 4.74 Å². The molecule has 0 aliphatic carbocycles. The third-order valence-electron chi connectivity index (χ3n) is 2.36. The number of hydrogen-bond acceptors (Lipinski definition) is 3. The molecule has 1 heterocycles. The number of ether oxygens (including phenoxy) is 1. The molecule has 6 heteroatoms. The second-order valence-electron chi connectivity index (χ2n) is 3.70. The van der Waals surface area contributed by atoms with E-state index in [1.54, 1.807) is 24.3 Å². The number of pyridine rings is 1. The average Bonchev–Trinajstić information content (AvgIpc) is 2.39. The van der Waals surface area contributed by atoms with Gasteiger partial charge >= 0.3 is 5.97 Å². The highest BCUT2D eigenvalue weighted by Crippen LogP contribution is 2.17. The fourth-order valence-corrected chi connectivity index (χ4v) is 1.58. The van der Waals surface area contributed by atoms with Gasteiger partial charge in [0.2, 0.25) is 0 Å². The normalized spacial score (nSPS) is 10.2. The fourth-order valence-electron chi connectivity index (χ4n) is 1.45. The van der Waals surface area contributed by atoms with Crippen LogP contribution in [0.25, 0.3) is 0 Å². The number of carboxylic acid groups (broad SMARTS) is 1. The Morgan fingerprint density at radius 2 is 2.05 bits per heavy atom.